The fraction of sp³-hybridized carbons (Fsp3) is 0.400. The second-order valence-corrected chi connectivity index (χ2v) is 4.36. The van der Waals surface area contributed by atoms with E-state index in [0.717, 1.165) is 4.68 Å². The number of nitrogen functional groups attached to an aromatic ring is 1. The van der Waals surface area contributed by atoms with E-state index in [1.54, 1.807) is 20.8 Å². The third-order valence-electron chi connectivity index (χ3n) is 1.65. The van der Waals surface area contributed by atoms with Gasteiger partial charge in [0.15, 0.2) is 0 Å². The van der Waals surface area contributed by atoms with E-state index in [4.69, 9.17) is 15.9 Å². The first-order valence-corrected chi connectivity index (χ1v) is 4.88. The molecule has 0 aromatic carbocycles. The van der Waals surface area contributed by atoms with Gasteiger partial charge in [0, 0.05) is 6.20 Å². The molecule has 1 aromatic heterocycles. The Bertz CT molecular complexity index is 470. The van der Waals surface area contributed by atoms with Gasteiger partial charge in [0.25, 0.3) is 5.78 Å². The third kappa shape index (κ3) is 3.40. The van der Waals surface area contributed by atoms with Crippen molar-refractivity contribution in [1.82, 2.24) is 9.78 Å². The van der Waals surface area contributed by atoms with Crippen molar-refractivity contribution in [3.8, 4) is 0 Å². The monoisotopic (exact) mass is 238 g/mol. The highest BCUT2D eigenvalue weighted by Crippen LogP contribution is 2.09. The first-order valence-electron chi connectivity index (χ1n) is 4.88. The van der Waals surface area contributed by atoms with E-state index < -0.39 is 17.4 Å². The van der Waals surface area contributed by atoms with E-state index in [0.29, 0.717) is 0 Å². The molecule has 1 aromatic rings. The number of esters is 1. The minimum absolute atomic E-state index is 0.102. The molecular weight excluding hydrogens is 224 g/mol. The molecule has 1 rings (SSSR count). The molecule has 0 atom stereocenters. The topological polar surface area (TPSA) is 111 Å². The van der Waals surface area contributed by atoms with Crippen LogP contribution >= 0.6 is 0 Å². The van der Waals surface area contributed by atoms with Crippen molar-refractivity contribution < 1.29 is 14.3 Å². The molecule has 3 N–H and O–H groups in total. The van der Waals surface area contributed by atoms with Gasteiger partial charge in [-0.15, -0.1) is 0 Å². The fourth-order valence-electron chi connectivity index (χ4n) is 1.01. The molecule has 0 saturated carbocycles. The van der Waals surface area contributed by atoms with Gasteiger partial charge in [-0.1, -0.05) is 0 Å². The number of aromatic nitrogens is 2. The zero-order valence-electron chi connectivity index (χ0n) is 9.85. The SMILES string of the molecule is CC(C)(C)OC(=O)C(=O)c1ccn(C(=N)N)n1. The van der Waals surface area contributed by atoms with Gasteiger partial charge < -0.3 is 10.5 Å². The molecule has 0 aliphatic rings. The lowest BCUT2D eigenvalue weighted by atomic mass is 10.2. The molecule has 0 unspecified atom stereocenters. The van der Waals surface area contributed by atoms with Gasteiger partial charge in [0.2, 0.25) is 5.96 Å². The number of ether oxygens (including phenoxy) is 1. The van der Waals surface area contributed by atoms with E-state index >= 15 is 0 Å². The summed E-state index contributed by atoms with van der Waals surface area (Å²) in [4.78, 5) is 23.0. The van der Waals surface area contributed by atoms with Crippen molar-refractivity contribution in [3.05, 3.63) is 18.0 Å². The summed E-state index contributed by atoms with van der Waals surface area (Å²) in [6.07, 6.45) is 1.32. The Morgan fingerprint density at radius 2 is 2.06 bits per heavy atom. The molecule has 0 radical (unpaired) electrons. The van der Waals surface area contributed by atoms with E-state index in [1.165, 1.54) is 12.3 Å². The molecule has 0 saturated heterocycles. The lowest BCUT2D eigenvalue weighted by molar-refractivity contribution is -0.148. The van der Waals surface area contributed by atoms with Gasteiger partial charge in [0.05, 0.1) is 0 Å². The first-order chi connectivity index (χ1) is 7.70. The molecule has 17 heavy (non-hydrogen) atoms. The fourth-order valence-corrected chi connectivity index (χ4v) is 1.01. The van der Waals surface area contributed by atoms with E-state index in [9.17, 15) is 9.59 Å². The maximum absolute atomic E-state index is 11.6. The molecule has 7 heteroatoms. The molecular formula is C10H14N4O3. The smallest absolute Gasteiger partial charge is 0.381 e. The van der Waals surface area contributed by atoms with E-state index in [1.807, 2.05) is 0 Å². The minimum atomic E-state index is -0.980. The molecule has 0 aliphatic carbocycles. The van der Waals surface area contributed by atoms with Crippen molar-refractivity contribution in [1.29, 1.82) is 5.41 Å². The molecule has 92 valence electrons. The molecule has 0 amide bonds. The number of ketones is 1. The predicted octanol–water partition coefficient (Wildman–Crippen LogP) is 0.149. The number of hydrogen-bond donors (Lipinski definition) is 2. The number of hydrogen-bond acceptors (Lipinski definition) is 5. The summed E-state index contributed by atoms with van der Waals surface area (Å²) in [6.45, 7) is 4.98. The lowest BCUT2D eigenvalue weighted by Crippen LogP contribution is -2.29. The van der Waals surface area contributed by atoms with Crippen LogP contribution < -0.4 is 5.73 Å². The van der Waals surface area contributed by atoms with Crippen molar-refractivity contribution >= 4 is 17.7 Å². The second kappa shape index (κ2) is 4.36. The molecule has 0 spiro atoms. The molecule has 0 fully saturated rings. The Balaban J connectivity index is 2.82. The van der Waals surface area contributed by atoms with Crippen molar-refractivity contribution in [3.63, 3.8) is 0 Å². The van der Waals surface area contributed by atoms with Crippen LogP contribution in [-0.2, 0) is 9.53 Å². The number of rotatable bonds is 2. The van der Waals surface area contributed by atoms with Gasteiger partial charge >= 0.3 is 5.97 Å². The van der Waals surface area contributed by atoms with Gasteiger partial charge in [0.1, 0.15) is 11.3 Å². The summed E-state index contributed by atoms with van der Waals surface area (Å²) in [5.74, 6) is -2.18. The van der Waals surface area contributed by atoms with E-state index in [-0.39, 0.29) is 11.7 Å². The Labute approximate surface area is 98.1 Å². The van der Waals surface area contributed by atoms with Crippen molar-refractivity contribution in [2.24, 2.45) is 5.73 Å². The summed E-state index contributed by atoms with van der Waals surface area (Å²) in [6, 6.07) is 1.30. The van der Waals surface area contributed by atoms with Crippen LogP contribution in [0.2, 0.25) is 0 Å². The summed E-state index contributed by atoms with van der Waals surface area (Å²) in [5, 5.41) is 10.8. The largest absolute Gasteiger partial charge is 0.454 e. The van der Waals surface area contributed by atoms with Crippen molar-refractivity contribution in [2.75, 3.05) is 0 Å². The number of Topliss-reactive ketones (excluding diaryl/α,β-unsaturated/α-hetero) is 1. The Morgan fingerprint density at radius 1 is 1.47 bits per heavy atom. The van der Waals surface area contributed by atoms with Gasteiger partial charge in [-0.25, -0.2) is 9.48 Å². The van der Waals surface area contributed by atoms with Crippen molar-refractivity contribution in [2.45, 2.75) is 26.4 Å². The highest BCUT2D eigenvalue weighted by atomic mass is 16.6. The van der Waals surface area contributed by atoms with Crippen LogP contribution in [0.5, 0.6) is 0 Å². The molecule has 0 bridgehead atoms. The van der Waals surface area contributed by atoms with Gasteiger partial charge in [-0.3, -0.25) is 10.2 Å². The summed E-state index contributed by atoms with van der Waals surface area (Å²) >= 11 is 0. The highest BCUT2D eigenvalue weighted by molar-refractivity contribution is 6.40. The Kier molecular flexibility index (Phi) is 3.31. The van der Waals surface area contributed by atoms with E-state index in [2.05, 4.69) is 5.10 Å². The summed E-state index contributed by atoms with van der Waals surface area (Å²) < 4.78 is 5.88. The normalized spacial score (nSPS) is 11.0. The number of nitrogens with one attached hydrogen (secondary N) is 1. The average molecular weight is 238 g/mol. The third-order valence-corrected chi connectivity index (χ3v) is 1.65. The zero-order valence-corrected chi connectivity index (χ0v) is 9.85. The zero-order chi connectivity index (χ0) is 13.2. The van der Waals surface area contributed by atoms with Crippen LogP contribution in [0, 0.1) is 5.41 Å². The van der Waals surface area contributed by atoms with Crippen LogP contribution in [0.25, 0.3) is 0 Å². The number of carbonyl (C=O) groups is 2. The Morgan fingerprint density at radius 3 is 2.47 bits per heavy atom. The van der Waals surface area contributed by atoms with Crippen LogP contribution in [0.15, 0.2) is 12.3 Å². The summed E-state index contributed by atoms with van der Waals surface area (Å²) in [5.41, 5.74) is 4.32. The summed E-state index contributed by atoms with van der Waals surface area (Å²) in [7, 11) is 0. The quantitative estimate of drug-likeness (QED) is 0.250. The maximum Gasteiger partial charge on any atom is 0.381 e. The predicted molar refractivity (Wildman–Crippen MR) is 59.7 cm³/mol. The number of nitrogens with zero attached hydrogens (tertiary/aromatic N) is 2. The van der Waals surface area contributed by atoms with Gasteiger partial charge in [-0.2, -0.15) is 5.10 Å². The average Bonchev–Trinajstić information content (AvgIpc) is 2.62. The Hall–Kier alpha value is -2.18. The second-order valence-electron chi connectivity index (χ2n) is 4.36. The highest BCUT2D eigenvalue weighted by Gasteiger charge is 2.25. The first kappa shape index (κ1) is 12.9. The van der Waals surface area contributed by atoms with Crippen LogP contribution in [0.1, 0.15) is 31.3 Å². The maximum atomic E-state index is 11.6. The molecule has 7 nitrogen and oxygen atoms in total. The molecule has 0 aliphatic heterocycles. The number of nitrogens with two attached hydrogens (primary N) is 1. The number of carbonyl (C=O) groups excluding carboxylic acids is 2. The van der Waals surface area contributed by atoms with Crippen LogP contribution in [0.3, 0.4) is 0 Å². The molecule has 1 heterocycles. The standard InChI is InChI=1S/C10H14N4O3/c1-10(2,3)17-8(16)7(15)6-4-5-14(13-6)9(11)12/h4-5H,1-3H3,(H3,11,12). The minimum Gasteiger partial charge on any atom is -0.454 e. The van der Waals surface area contributed by atoms with Crippen LogP contribution in [-0.4, -0.2) is 33.1 Å². The van der Waals surface area contributed by atoms with Gasteiger partial charge in [-0.05, 0) is 26.8 Å². The van der Waals surface area contributed by atoms with Crippen LogP contribution in [0.4, 0.5) is 0 Å². The lowest BCUT2D eigenvalue weighted by Gasteiger charge is -2.18.